The molecular formula is C25H35IN4O3. The van der Waals surface area contributed by atoms with Gasteiger partial charge in [0.05, 0.1) is 25.0 Å². The number of halogens is 1. The summed E-state index contributed by atoms with van der Waals surface area (Å²) in [5, 5.41) is 6.50. The van der Waals surface area contributed by atoms with E-state index < -0.39 is 0 Å². The number of para-hydroxylation sites is 1. The molecule has 0 aromatic heterocycles. The summed E-state index contributed by atoms with van der Waals surface area (Å²) in [7, 11) is 0. The Labute approximate surface area is 213 Å². The van der Waals surface area contributed by atoms with Crippen LogP contribution in [0.4, 0.5) is 0 Å². The zero-order chi connectivity index (χ0) is 22.7. The molecule has 1 aromatic carbocycles. The molecule has 4 atom stereocenters. The molecule has 7 nitrogen and oxygen atoms in total. The number of benzene rings is 1. The molecule has 1 aliphatic heterocycles. The molecule has 1 aromatic rings. The molecule has 4 unspecified atom stereocenters. The van der Waals surface area contributed by atoms with Crippen molar-refractivity contribution in [1.29, 1.82) is 0 Å². The van der Waals surface area contributed by atoms with Crippen molar-refractivity contribution in [2.45, 2.75) is 33.7 Å². The summed E-state index contributed by atoms with van der Waals surface area (Å²) in [6.45, 7) is 8.95. The first-order valence-corrected chi connectivity index (χ1v) is 11.8. The number of carbonyl (C=O) groups is 2. The maximum Gasteiger partial charge on any atom is 0.233 e. The van der Waals surface area contributed by atoms with Crippen molar-refractivity contribution in [3.8, 4) is 5.75 Å². The zero-order valence-corrected chi connectivity index (χ0v) is 22.0. The fraction of sp³-hybridized carbons (Fsp3) is 0.560. The van der Waals surface area contributed by atoms with Gasteiger partial charge in [0.2, 0.25) is 11.8 Å². The molecule has 180 valence electrons. The SMILES string of the molecule is CCNC(=NCc1ccccc1OCC(C)C)NCCN1C(=O)C2C3C=CC(C3)C2C1=O.I. The number of fused-ring (bicyclic) bond motifs is 5. The van der Waals surface area contributed by atoms with E-state index in [2.05, 4.69) is 41.6 Å². The Balaban J connectivity index is 0.00000306. The van der Waals surface area contributed by atoms with Gasteiger partial charge in [-0.3, -0.25) is 14.5 Å². The van der Waals surface area contributed by atoms with Crippen LogP contribution in [0.2, 0.25) is 0 Å². The van der Waals surface area contributed by atoms with E-state index in [1.54, 1.807) is 0 Å². The Morgan fingerprint density at radius 1 is 1.12 bits per heavy atom. The summed E-state index contributed by atoms with van der Waals surface area (Å²) >= 11 is 0. The molecule has 33 heavy (non-hydrogen) atoms. The Morgan fingerprint density at radius 2 is 1.79 bits per heavy atom. The molecule has 2 bridgehead atoms. The number of nitrogens with zero attached hydrogens (tertiary/aromatic N) is 2. The third-order valence-corrected chi connectivity index (χ3v) is 6.49. The Bertz CT molecular complexity index is 887. The summed E-state index contributed by atoms with van der Waals surface area (Å²) in [4.78, 5) is 31.8. The van der Waals surface area contributed by atoms with E-state index in [4.69, 9.17) is 4.74 Å². The van der Waals surface area contributed by atoms with E-state index in [1.807, 2.05) is 31.2 Å². The van der Waals surface area contributed by atoms with Crippen LogP contribution >= 0.6 is 24.0 Å². The van der Waals surface area contributed by atoms with E-state index >= 15 is 0 Å². The molecule has 2 fully saturated rings. The van der Waals surface area contributed by atoms with Crippen molar-refractivity contribution in [1.82, 2.24) is 15.5 Å². The molecule has 2 aliphatic carbocycles. The van der Waals surface area contributed by atoms with Crippen molar-refractivity contribution in [3.05, 3.63) is 42.0 Å². The standard InChI is InChI=1S/C25H34N4O3.HI/c1-4-26-25(28-14-19-7-5-6-8-20(19)32-15-16(2)3)27-11-12-29-23(30)21-17-9-10-18(13-17)22(21)24(29)31;/h5-10,16-18,21-22H,4,11-15H2,1-3H3,(H2,26,27,28);1H. The van der Waals surface area contributed by atoms with Crippen LogP contribution < -0.4 is 15.4 Å². The lowest BCUT2D eigenvalue weighted by Gasteiger charge is -2.19. The fourth-order valence-corrected chi connectivity index (χ4v) is 5.01. The molecular weight excluding hydrogens is 531 g/mol. The number of likely N-dealkylation sites (tertiary alicyclic amines) is 1. The average molecular weight is 566 g/mol. The number of amides is 2. The van der Waals surface area contributed by atoms with Gasteiger partial charge in [-0.05, 0) is 37.2 Å². The number of guanidine groups is 1. The van der Waals surface area contributed by atoms with Crippen LogP contribution in [-0.2, 0) is 16.1 Å². The smallest absolute Gasteiger partial charge is 0.233 e. The Hall–Kier alpha value is -2.10. The first kappa shape index (κ1) is 25.5. The number of ether oxygens (including phenoxy) is 1. The van der Waals surface area contributed by atoms with Crippen molar-refractivity contribution in [3.63, 3.8) is 0 Å². The van der Waals surface area contributed by atoms with Gasteiger partial charge >= 0.3 is 0 Å². The van der Waals surface area contributed by atoms with Gasteiger partial charge in [-0.15, -0.1) is 24.0 Å². The zero-order valence-electron chi connectivity index (χ0n) is 19.6. The van der Waals surface area contributed by atoms with Crippen LogP contribution in [0.5, 0.6) is 5.75 Å². The second-order valence-electron chi connectivity index (χ2n) is 9.26. The number of allylic oxidation sites excluding steroid dienone is 2. The molecule has 0 spiro atoms. The van der Waals surface area contributed by atoms with Gasteiger partial charge in [0, 0.05) is 25.2 Å². The highest BCUT2D eigenvalue weighted by atomic mass is 127. The monoisotopic (exact) mass is 566 g/mol. The van der Waals surface area contributed by atoms with Crippen molar-refractivity contribution in [2.75, 3.05) is 26.2 Å². The number of hydrogen-bond acceptors (Lipinski definition) is 4. The van der Waals surface area contributed by atoms with Crippen molar-refractivity contribution < 1.29 is 14.3 Å². The lowest BCUT2D eigenvalue weighted by molar-refractivity contribution is -0.140. The summed E-state index contributed by atoms with van der Waals surface area (Å²) in [5.74, 6) is 2.17. The molecule has 1 saturated carbocycles. The highest BCUT2D eigenvalue weighted by molar-refractivity contribution is 14.0. The van der Waals surface area contributed by atoms with Gasteiger partial charge in [-0.2, -0.15) is 0 Å². The summed E-state index contributed by atoms with van der Waals surface area (Å²) in [6.07, 6.45) is 5.20. The maximum absolute atomic E-state index is 12.8. The Kier molecular flexibility index (Phi) is 8.78. The number of nitrogens with one attached hydrogen (secondary N) is 2. The third-order valence-electron chi connectivity index (χ3n) is 6.49. The van der Waals surface area contributed by atoms with Crippen molar-refractivity contribution in [2.24, 2.45) is 34.6 Å². The molecule has 2 amide bonds. The van der Waals surface area contributed by atoms with Crippen LogP contribution in [0.25, 0.3) is 0 Å². The molecule has 0 radical (unpaired) electrons. The van der Waals surface area contributed by atoms with E-state index in [0.29, 0.717) is 38.1 Å². The highest BCUT2D eigenvalue weighted by Crippen LogP contribution is 2.52. The van der Waals surface area contributed by atoms with Crippen LogP contribution in [0.1, 0.15) is 32.8 Å². The molecule has 2 N–H and O–H groups in total. The fourth-order valence-electron chi connectivity index (χ4n) is 5.01. The number of carbonyl (C=O) groups excluding carboxylic acids is 2. The summed E-state index contributed by atoms with van der Waals surface area (Å²) in [6, 6.07) is 7.94. The lowest BCUT2D eigenvalue weighted by atomic mass is 9.85. The largest absolute Gasteiger partial charge is 0.493 e. The van der Waals surface area contributed by atoms with Crippen LogP contribution in [0.3, 0.4) is 0 Å². The predicted octanol–water partition coefficient (Wildman–Crippen LogP) is 3.20. The lowest BCUT2D eigenvalue weighted by Crippen LogP contribution is -2.43. The first-order valence-electron chi connectivity index (χ1n) is 11.8. The number of imide groups is 1. The highest BCUT2D eigenvalue weighted by Gasteiger charge is 2.58. The average Bonchev–Trinajstić information content (AvgIpc) is 3.46. The van der Waals surface area contributed by atoms with Gasteiger partial charge < -0.3 is 15.4 Å². The van der Waals surface area contributed by atoms with Gasteiger partial charge in [0.15, 0.2) is 5.96 Å². The van der Waals surface area contributed by atoms with E-state index in [1.165, 1.54) is 4.90 Å². The molecule has 1 saturated heterocycles. The third kappa shape index (κ3) is 5.53. The second kappa shape index (κ2) is 11.4. The van der Waals surface area contributed by atoms with Crippen LogP contribution in [0, 0.1) is 29.6 Å². The normalized spacial score (nSPS) is 25.5. The van der Waals surface area contributed by atoms with Gasteiger partial charge in [-0.25, -0.2) is 4.99 Å². The Morgan fingerprint density at radius 3 is 2.42 bits per heavy atom. The minimum atomic E-state index is -0.137. The summed E-state index contributed by atoms with van der Waals surface area (Å²) < 4.78 is 5.92. The molecule has 4 rings (SSSR count). The number of hydrogen-bond donors (Lipinski definition) is 2. The minimum Gasteiger partial charge on any atom is -0.493 e. The first-order chi connectivity index (χ1) is 15.5. The molecule has 1 heterocycles. The molecule has 8 heteroatoms. The van der Waals surface area contributed by atoms with Crippen LogP contribution in [-0.4, -0.2) is 48.9 Å². The minimum absolute atomic E-state index is 0. The van der Waals surface area contributed by atoms with Crippen molar-refractivity contribution >= 4 is 41.8 Å². The molecule has 3 aliphatic rings. The maximum atomic E-state index is 12.8. The van der Waals surface area contributed by atoms with E-state index in [0.717, 1.165) is 24.3 Å². The van der Waals surface area contributed by atoms with E-state index in [-0.39, 0.29) is 59.5 Å². The van der Waals surface area contributed by atoms with Gasteiger partial charge in [0.25, 0.3) is 0 Å². The summed E-state index contributed by atoms with van der Waals surface area (Å²) in [5.41, 5.74) is 1.02. The number of aliphatic imine (C=N–C) groups is 1. The topological polar surface area (TPSA) is 83.0 Å². The van der Waals surface area contributed by atoms with Gasteiger partial charge in [0.1, 0.15) is 5.75 Å². The van der Waals surface area contributed by atoms with Gasteiger partial charge in [-0.1, -0.05) is 44.2 Å². The number of rotatable bonds is 9. The second-order valence-corrected chi connectivity index (χ2v) is 9.26. The predicted molar refractivity (Wildman–Crippen MR) is 139 cm³/mol. The van der Waals surface area contributed by atoms with E-state index in [9.17, 15) is 9.59 Å². The quantitative estimate of drug-likeness (QED) is 0.158. The van der Waals surface area contributed by atoms with Crippen LogP contribution in [0.15, 0.2) is 41.4 Å².